The SMILES string of the molecule is Cc1ccc(Cl)cc1NC(=O)c1cc2c([nH]c1=O)C[C@H](C)CC2=O. The highest BCUT2D eigenvalue weighted by Gasteiger charge is 2.25. The minimum absolute atomic E-state index is 0.0482. The highest BCUT2D eigenvalue weighted by molar-refractivity contribution is 6.31. The van der Waals surface area contributed by atoms with Gasteiger partial charge in [0.25, 0.3) is 11.5 Å². The van der Waals surface area contributed by atoms with Gasteiger partial charge in [0.1, 0.15) is 5.56 Å². The second-order valence-electron chi connectivity index (χ2n) is 6.25. The van der Waals surface area contributed by atoms with Crippen LogP contribution in [0.2, 0.25) is 5.02 Å². The predicted octanol–water partition coefficient (Wildman–Crippen LogP) is 3.35. The van der Waals surface area contributed by atoms with Gasteiger partial charge in [0, 0.05) is 28.4 Å². The van der Waals surface area contributed by atoms with Crippen LogP contribution in [-0.4, -0.2) is 16.7 Å². The fourth-order valence-electron chi connectivity index (χ4n) is 2.91. The van der Waals surface area contributed by atoms with Crippen molar-refractivity contribution in [1.29, 1.82) is 0 Å². The Bertz CT molecular complexity index is 902. The molecule has 0 fully saturated rings. The molecule has 3 rings (SSSR count). The van der Waals surface area contributed by atoms with Crippen LogP contribution in [0.4, 0.5) is 5.69 Å². The molecule has 1 amide bonds. The van der Waals surface area contributed by atoms with Gasteiger partial charge in [-0.3, -0.25) is 14.4 Å². The van der Waals surface area contributed by atoms with E-state index in [1.165, 1.54) is 6.07 Å². The van der Waals surface area contributed by atoms with Crippen molar-refractivity contribution >= 4 is 29.0 Å². The van der Waals surface area contributed by atoms with Crippen LogP contribution < -0.4 is 10.9 Å². The molecule has 0 saturated heterocycles. The van der Waals surface area contributed by atoms with E-state index in [9.17, 15) is 14.4 Å². The molecule has 0 radical (unpaired) electrons. The van der Waals surface area contributed by atoms with Crippen molar-refractivity contribution in [3.05, 3.63) is 62.0 Å². The van der Waals surface area contributed by atoms with E-state index in [0.29, 0.717) is 34.8 Å². The zero-order valence-electron chi connectivity index (χ0n) is 13.4. The van der Waals surface area contributed by atoms with Crippen molar-refractivity contribution in [3.8, 4) is 0 Å². The van der Waals surface area contributed by atoms with Crippen molar-refractivity contribution in [1.82, 2.24) is 4.98 Å². The summed E-state index contributed by atoms with van der Waals surface area (Å²) in [4.78, 5) is 39.6. The Hall–Kier alpha value is -2.40. The summed E-state index contributed by atoms with van der Waals surface area (Å²) in [6.45, 7) is 3.79. The number of rotatable bonds is 2. The number of aromatic nitrogens is 1. The molecular formula is C18H17ClN2O3. The molecule has 1 aliphatic carbocycles. The van der Waals surface area contributed by atoms with E-state index >= 15 is 0 Å². The Balaban J connectivity index is 1.96. The van der Waals surface area contributed by atoms with Crippen molar-refractivity contribution < 1.29 is 9.59 Å². The van der Waals surface area contributed by atoms with E-state index in [2.05, 4.69) is 10.3 Å². The molecule has 2 N–H and O–H groups in total. The van der Waals surface area contributed by atoms with Gasteiger partial charge >= 0.3 is 0 Å². The van der Waals surface area contributed by atoms with Gasteiger partial charge in [-0.05, 0) is 43.0 Å². The van der Waals surface area contributed by atoms with Crippen molar-refractivity contribution in [3.63, 3.8) is 0 Å². The lowest BCUT2D eigenvalue weighted by atomic mass is 9.86. The van der Waals surface area contributed by atoms with Gasteiger partial charge in [-0.1, -0.05) is 24.6 Å². The third-order valence-corrected chi connectivity index (χ3v) is 4.44. The summed E-state index contributed by atoms with van der Waals surface area (Å²) in [6.07, 6.45) is 1.05. The van der Waals surface area contributed by atoms with Crippen LogP contribution in [-0.2, 0) is 6.42 Å². The summed E-state index contributed by atoms with van der Waals surface area (Å²) >= 11 is 5.94. The molecule has 2 aromatic rings. The number of aromatic amines is 1. The van der Waals surface area contributed by atoms with Gasteiger partial charge < -0.3 is 10.3 Å². The van der Waals surface area contributed by atoms with Gasteiger partial charge in [0.05, 0.1) is 0 Å². The lowest BCUT2D eigenvalue weighted by molar-refractivity contribution is 0.0952. The highest BCUT2D eigenvalue weighted by Crippen LogP contribution is 2.24. The van der Waals surface area contributed by atoms with Crippen LogP contribution in [0.3, 0.4) is 0 Å². The lowest BCUT2D eigenvalue weighted by Gasteiger charge is -2.20. The number of carbonyl (C=O) groups excluding carboxylic acids is 2. The molecule has 0 unspecified atom stereocenters. The molecule has 124 valence electrons. The molecule has 1 aromatic carbocycles. The summed E-state index contributed by atoms with van der Waals surface area (Å²) in [6, 6.07) is 6.52. The fraction of sp³-hybridized carbons (Fsp3) is 0.278. The Kier molecular flexibility index (Phi) is 4.28. The second-order valence-corrected chi connectivity index (χ2v) is 6.69. The zero-order valence-corrected chi connectivity index (χ0v) is 14.2. The maximum atomic E-state index is 12.5. The molecule has 1 heterocycles. The van der Waals surface area contributed by atoms with Crippen molar-refractivity contribution in [2.45, 2.75) is 26.7 Å². The average molecular weight is 345 g/mol. The number of hydrogen-bond acceptors (Lipinski definition) is 3. The number of ketones is 1. The smallest absolute Gasteiger partial charge is 0.261 e. The molecule has 0 saturated carbocycles. The van der Waals surface area contributed by atoms with Crippen LogP contribution in [0, 0.1) is 12.8 Å². The molecule has 1 aromatic heterocycles. The molecule has 1 aliphatic rings. The number of H-pyrrole nitrogens is 1. The van der Waals surface area contributed by atoms with Crippen LogP contribution in [0.15, 0.2) is 29.1 Å². The van der Waals surface area contributed by atoms with Crippen LogP contribution in [0.5, 0.6) is 0 Å². The fourth-order valence-corrected chi connectivity index (χ4v) is 3.08. The summed E-state index contributed by atoms with van der Waals surface area (Å²) in [7, 11) is 0. The van der Waals surface area contributed by atoms with E-state index in [-0.39, 0.29) is 17.3 Å². The summed E-state index contributed by atoms with van der Waals surface area (Å²) in [5.41, 5.74) is 1.83. The van der Waals surface area contributed by atoms with Gasteiger partial charge in [-0.2, -0.15) is 0 Å². The third kappa shape index (κ3) is 3.12. The molecule has 24 heavy (non-hydrogen) atoms. The number of nitrogens with one attached hydrogen (secondary N) is 2. The highest BCUT2D eigenvalue weighted by atomic mass is 35.5. The van der Waals surface area contributed by atoms with Gasteiger partial charge in [-0.15, -0.1) is 0 Å². The van der Waals surface area contributed by atoms with Crippen LogP contribution in [0.25, 0.3) is 0 Å². The number of fused-ring (bicyclic) bond motifs is 1. The standard InChI is InChI=1S/C18H17ClN2O3/c1-9-5-15-12(16(22)6-9)8-13(18(24)21-15)17(23)20-14-7-11(19)4-3-10(14)2/h3-4,7-9H,5-6H2,1-2H3,(H,20,23)(H,21,24)/t9-/m0/s1. The third-order valence-electron chi connectivity index (χ3n) is 4.20. The molecular weight excluding hydrogens is 328 g/mol. The van der Waals surface area contributed by atoms with Gasteiger partial charge in [-0.25, -0.2) is 0 Å². The maximum absolute atomic E-state index is 12.5. The summed E-state index contributed by atoms with van der Waals surface area (Å²) in [5, 5.41) is 3.17. The number of amides is 1. The molecule has 5 nitrogen and oxygen atoms in total. The Labute approximate surface area is 144 Å². The first-order valence-corrected chi connectivity index (χ1v) is 8.10. The number of halogens is 1. The quantitative estimate of drug-likeness (QED) is 0.876. The minimum Gasteiger partial charge on any atom is -0.325 e. The normalized spacial score (nSPS) is 16.6. The average Bonchev–Trinajstić information content (AvgIpc) is 2.50. The van der Waals surface area contributed by atoms with Gasteiger partial charge in [0.15, 0.2) is 5.78 Å². The van der Waals surface area contributed by atoms with Crippen molar-refractivity contribution in [2.24, 2.45) is 5.92 Å². The molecule has 1 atom stereocenters. The Morgan fingerprint density at radius 1 is 1.25 bits per heavy atom. The largest absolute Gasteiger partial charge is 0.325 e. The minimum atomic E-state index is -0.559. The number of Topliss-reactive ketones (excluding diaryl/α,β-unsaturated/α-hetero) is 1. The summed E-state index contributed by atoms with van der Waals surface area (Å²) < 4.78 is 0. The number of anilines is 1. The lowest BCUT2D eigenvalue weighted by Crippen LogP contribution is -2.29. The molecule has 0 bridgehead atoms. The number of benzene rings is 1. The Morgan fingerprint density at radius 2 is 2.00 bits per heavy atom. The van der Waals surface area contributed by atoms with Gasteiger partial charge in [0.2, 0.25) is 0 Å². The monoisotopic (exact) mass is 344 g/mol. The first-order chi connectivity index (χ1) is 11.3. The van der Waals surface area contributed by atoms with Crippen molar-refractivity contribution in [2.75, 3.05) is 5.32 Å². The first-order valence-electron chi connectivity index (χ1n) is 7.72. The molecule has 0 spiro atoms. The summed E-state index contributed by atoms with van der Waals surface area (Å²) in [5.74, 6) is -0.418. The topological polar surface area (TPSA) is 79.0 Å². The second kappa shape index (κ2) is 6.24. The number of hydrogen-bond donors (Lipinski definition) is 2. The van der Waals surface area contributed by atoms with E-state index in [1.807, 2.05) is 13.8 Å². The van der Waals surface area contributed by atoms with Crippen LogP contribution >= 0.6 is 11.6 Å². The first kappa shape index (κ1) is 16.5. The van der Waals surface area contributed by atoms with E-state index < -0.39 is 11.5 Å². The van der Waals surface area contributed by atoms with Crippen LogP contribution in [0.1, 0.15) is 45.3 Å². The maximum Gasteiger partial charge on any atom is 0.261 e. The predicted molar refractivity (Wildman–Crippen MR) is 93.0 cm³/mol. The van der Waals surface area contributed by atoms with E-state index in [1.54, 1.807) is 18.2 Å². The number of aryl methyl sites for hydroxylation is 1. The van der Waals surface area contributed by atoms with E-state index in [4.69, 9.17) is 11.6 Å². The van der Waals surface area contributed by atoms with E-state index in [0.717, 1.165) is 5.56 Å². The zero-order chi connectivity index (χ0) is 17.4. The Morgan fingerprint density at radius 3 is 2.75 bits per heavy atom. The number of carbonyl (C=O) groups is 2. The molecule has 0 aliphatic heterocycles. The number of pyridine rings is 1. The molecule has 6 heteroatoms.